The molecule has 90 valence electrons. The van der Waals surface area contributed by atoms with Crippen LogP contribution in [0.2, 0.25) is 0 Å². The van der Waals surface area contributed by atoms with Crippen molar-refractivity contribution in [3.8, 4) is 0 Å². The number of amides is 2. The number of rotatable bonds is 1. The number of hydrogen-bond acceptors (Lipinski definition) is 3. The van der Waals surface area contributed by atoms with Gasteiger partial charge in [-0.1, -0.05) is 22.0 Å². The standard InChI is InChI=1S/C11H11BrN2O3/c1-14-6-4-2-3-5(12)7(6)9(15)8(10(13)16)11(14)17/h2-4,8-9,15H,1H3,(H2,13,16). The first-order valence-corrected chi connectivity index (χ1v) is 5.77. The monoisotopic (exact) mass is 298 g/mol. The maximum atomic E-state index is 11.9. The minimum absolute atomic E-state index is 0.490. The van der Waals surface area contributed by atoms with Gasteiger partial charge in [0, 0.05) is 17.1 Å². The third-order valence-corrected chi connectivity index (χ3v) is 3.60. The first kappa shape index (κ1) is 12.1. The van der Waals surface area contributed by atoms with Crippen molar-refractivity contribution in [2.75, 3.05) is 11.9 Å². The lowest BCUT2D eigenvalue weighted by molar-refractivity contribution is -0.137. The molecule has 2 amide bonds. The fourth-order valence-electron chi connectivity index (χ4n) is 2.02. The van der Waals surface area contributed by atoms with E-state index in [0.717, 1.165) is 0 Å². The Bertz CT molecular complexity index is 503. The highest BCUT2D eigenvalue weighted by Crippen LogP contribution is 2.41. The van der Waals surface area contributed by atoms with Gasteiger partial charge in [-0.3, -0.25) is 9.59 Å². The number of benzene rings is 1. The van der Waals surface area contributed by atoms with Crippen molar-refractivity contribution in [3.05, 3.63) is 28.2 Å². The summed E-state index contributed by atoms with van der Waals surface area (Å²) in [5.41, 5.74) is 6.25. The summed E-state index contributed by atoms with van der Waals surface area (Å²) in [5.74, 6) is -2.54. The number of halogens is 1. The van der Waals surface area contributed by atoms with Crippen LogP contribution in [0.3, 0.4) is 0 Å². The van der Waals surface area contributed by atoms with Crippen molar-refractivity contribution in [1.82, 2.24) is 0 Å². The molecule has 2 unspecified atom stereocenters. The molecular weight excluding hydrogens is 288 g/mol. The number of carbonyl (C=O) groups is 2. The normalized spacial score (nSPS) is 23.5. The summed E-state index contributed by atoms with van der Waals surface area (Å²) in [7, 11) is 1.55. The van der Waals surface area contributed by atoms with Gasteiger partial charge in [0.1, 0.15) is 12.0 Å². The van der Waals surface area contributed by atoms with Gasteiger partial charge in [-0.05, 0) is 12.1 Å². The summed E-state index contributed by atoms with van der Waals surface area (Å²) >= 11 is 3.30. The lowest BCUT2D eigenvalue weighted by Crippen LogP contribution is -2.47. The van der Waals surface area contributed by atoms with E-state index >= 15 is 0 Å². The van der Waals surface area contributed by atoms with Crippen LogP contribution < -0.4 is 10.6 Å². The smallest absolute Gasteiger partial charge is 0.242 e. The number of hydrogen-bond donors (Lipinski definition) is 2. The molecule has 1 aromatic rings. The van der Waals surface area contributed by atoms with Crippen LogP contribution in [0.25, 0.3) is 0 Å². The molecule has 2 rings (SSSR count). The second-order valence-corrected chi connectivity index (χ2v) is 4.75. The molecule has 0 radical (unpaired) electrons. The lowest BCUT2D eigenvalue weighted by atomic mass is 9.88. The van der Waals surface area contributed by atoms with Gasteiger partial charge < -0.3 is 15.7 Å². The van der Waals surface area contributed by atoms with E-state index in [1.54, 1.807) is 25.2 Å². The second kappa shape index (κ2) is 4.12. The maximum Gasteiger partial charge on any atom is 0.242 e. The Labute approximate surface area is 106 Å². The number of primary amides is 1. The summed E-state index contributed by atoms with van der Waals surface area (Å²) < 4.78 is 0.646. The van der Waals surface area contributed by atoms with Crippen LogP contribution in [0.5, 0.6) is 0 Å². The molecule has 0 aliphatic carbocycles. The average molecular weight is 299 g/mol. The number of anilines is 1. The predicted octanol–water partition coefficient (Wildman–Crippen LogP) is 0.560. The molecule has 1 heterocycles. The quantitative estimate of drug-likeness (QED) is 0.743. The largest absolute Gasteiger partial charge is 0.387 e. The Morgan fingerprint density at radius 2 is 2.18 bits per heavy atom. The van der Waals surface area contributed by atoms with Gasteiger partial charge in [0.25, 0.3) is 0 Å². The van der Waals surface area contributed by atoms with Crippen molar-refractivity contribution < 1.29 is 14.7 Å². The molecule has 0 spiro atoms. The molecule has 0 aromatic heterocycles. The molecule has 6 heteroatoms. The molecule has 0 saturated carbocycles. The van der Waals surface area contributed by atoms with Crippen molar-refractivity contribution in [2.24, 2.45) is 11.7 Å². The molecule has 1 aliphatic rings. The van der Waals surface area contributed by atoms with E-state index in [1.165, 1.54) is 4.90 Å². The zero-order chi connectivity index (χ0) is 12.7. The summed E-state index contributed by atoms with van der Waals surface area (Å²) in [4.78, 5) is 24.5. The van der Waals surface area contributed by atoms with Gasteiger partial charge >= 0.3 is 0 Å². The number of nitrogens with zero attached hydrogens (tertiary/aromatic N) is 1. The molecule has 0 fully saturated rings. The van der Waals surface area contributed by atoms with Crippen LogP contribution in [0.1, 0.15) is 11.7 Å². The lowest BCUT2D eigenvalue weighted by Gasteiger charge is -2.34. The van der Waals surface area contributed by atoms with Gasteiger partial charge in [-0.25, -0.2) is 0 Å². The predicted molar refractivity (Wildman–Crippen MR) is 65.2 cm³/mol. The highest BCUT2D eigenvalue weighted by atomic mass is 79.9. The molecule has 3 N–H and O–H groups in total. The first-order chi connectivity index (χ1) is 7.95. The molecule has 17 heavy (non-hydrogen) atoms. The minimum Gasteiger partial charge on any atom is -0.387 e. The van der Waals surface area contributed by atoms with E-state index in [9.17, 15) is 14.7 Å². The van der Waals surface area contributed by atoms with Crippen molar-refractivity contribution >= 4 is 33.4 Å². The Kier molecular flexibility index (Phi) is 2.92. The van der Waals surface area contributed by atoms with E-state index < -0.39 is 23.8 Å². The summed E-state index contributed by atoms with van der Waals surface area (Å²) in [6.45, 7) is 0. The fraction of sp³-hybridized carbons (Fsp3) is 0.273. The average Bonchev–Trinajstić information content (AvgIpc) is 2.25. The van der Waals surface area contributed by atoms with Crippen molar-refractivity contribution in [3.63, 3.8) is 0 Å². The van der Waals surface area contributed by atoms with Gasteiger partial charge in [-0.2, -0.15) is 0 Å². The van der Waals surface area contributed by atoms with Crippen molar-refractivity contribution in [1.29, 1.82) is 0 Å². The van der Waals surface area contributed by atoms with Gasteiger partial charge in [-0.15, -0.1) is 0 Å². The third-order valence-electron chi connectivity index (χ3n) is 2.91. The first-order valence-electron chi connectivity index (χ1n) is 4.98. The molecule has 0 bridgehead atoms. The van der Waals surface area contributed by atoms with Gasteiger partial charge in [0.2, 0.25) is 11.8 Å². The Morgan fingerprint density at radius 3 is 2.76 bits per heavy atom. The topological polar surface area (TPSA) is 83.6 Å². The Balaban J connectivity index is 2.63. The van der Waals surface area contributed by atoms with E-state index in [1.807, 2.05) is 0 Å². The number of aliphatic hydroxyl groups excluding tert-OH is 1. The third kappa shape index (κ3) is 1.73. The van der Waals surface area contributed by atoms with Crippen LogP contribution in [-0.4, -0.2) is 24.0 Å². The van der Waals surface area contributed by atoms with E-state index in [-0.39, 0.29) is 0 Å². The van der Waals surface area contributed by atoms with Gasteiger partial charge in [0.05, 0.1) is 5.69 Å². The van der Waals surface area contributed by atoms with Crippen LogP contribution in [0, 0.1) is 5.92 Å². The Morgan fingerprint density at radius 1 is 1.53 bits per heavy atom. The van der Waals surface area contributed by atoms with E-state index in [2.05, 4.69) is 15.9 Å². The second-order valence-electron chi connectivity index (χ2n) is 3.89. The molecule has 0 saturated heterocycles. The summed E-state index contributed by atoms with van der Waals surface area (Å²) in [5, 5.41) is 10.1. The molecule has 2 atom stereocenters. The summed E-state index contributed by atoms with van der Waals surface area (Å²) in [6.07, 6.45) is -1.21. The number of carbonyl (C=O) groups excluding carboxylic acids is 2. The zero-order valence-corrected chi connectivity index (χ0v) is 10.6. The summed E-state index contributed by atoms with van der Waals surface area (Å²) in [6, 6.07) is 5.20. The van der Waals surface area contributed by atoms with Gasteiger partial charge in [0.15, 0.2) is 0 Å². The van der Waals surface area contributed by atoms with E-state index in [4.69, 9.17) is 5.73 Å². The zero-order valence-electron chi connectivity index (χ0n) is 9.05. The number of aliphatic hydroxyl groups is 1. The minimum atomic E-state index is -1.23. The van der Waals surface area contributed by atoms with Crippen LogP contribution in [-0.2, 0) is 9.59 Å². The fourth-order valence-corrected chi connectivity index (χ4v) is 2.61. The highest BCUT2D eigenvalue weighted by molar-refractivity contribution is 9.10. The van der Waals surface area contributed by atoms with E-state index in [0.29, 0.717) is 15.7 Å². The van der Waals surface area contributed by atoms with Crippen LogP contribution in [0.4, 0.5) is 5.69 Å². The Hall–Kier alpha value is -1.40. The molecular formula is C11H11BrN2O3. The SMILES string of the molecule is CN1C(=O)C(C(N)=O)C(O)c2c(Br)cccc21. The highest BCUT2D eigenvalue weighted by Gasteiger charge is 2.42. The number of fused-ring (bicyclic) bond motifs is 1. The van der Waals surface area contributed by atoms with Crippen LogP contribution in [0.15, 0.2) is 22.7 Å². The maximum absolute atomic E-state index is 11.9. The number of nitrogens with two attached hydrogens (primary N) is 1. The van der Waals surface area contributed by atoms with Crippen LogP contribution >= 0.6 is 15.9 Å². The molecule has 5 nitrogen and oxygen atoms in total. The molecule has 1 aromatic carbocycles. The van der Waals surface area contributed by atoms with Crippen molar-refractivity contribution in [2.45, 2.75) is 6.10 Å². The molecule has 1 aliphatic heterocycles.